The molecule has 0 saturated heterocycles. The summed E-state index contributed by atoms with van der Waals surface area (Å²) in [5.41, 5.74) is 1.07. The van der Waals surface area contributed by atoms with E-state index in [9.17, 15) is 0 Å². The van der Waals surface area contributed by atoms with Gasteiger partial charge in [-0.15, -0.1) is 0 Å². The van der Waals surface area contributed by atoms with Gasteiger partial charge in [-0.05, 0) is 19.1 Å². The summed E-state index contributed by atoms with van der Waals surface area (Å²) < 4.78 is 0. The van der Waals surface area contributed by atoms with Crippen LogP contribution < -0.4 is 5.32 Å². The van der Waals surface area contributed by atoms with Crippen LogP contribution in [0.2, 0.25) is 0 Å². The number of nitrogens with zero attached hydrogens (tertiary/aromatic N) is 1. The maximum absolute atomic E-state index is 8.42. The Morgan fingerprint density at radius 2 is 2.08 bits per heavy atom. The summed E-state index contributed by atoms with van der Waals surface area (Å²) in [6.07, 6.45) is 0.537. The van der Waals surface area contributed by atoms with Crippen molar-refractivity contribution >= 4 is 5.69 Å². The molecule has 1 unspecified atom stereocenters. The first kappa shape index (κ1) is 8.61. The van der Waals surface area contributed by atoms with Gasteiger partial charge in [0.15, 0.2) is 0 Å². The maximum atomic E-state index is 8.42. The van der Waals surface area contributed by atoms with E-state index in [4.69, 9.17) is 5.26 Å². The van der Waals surface area contributed by atoms with Crippen LogP contribution in [0.4, 0.5) is 5.69 Å². The average Bonchev–Trinajstić information content (AvgIpc) is 2.06. The monoisotopic (exact) mass is 160 g/mol. The standard InChI is InChI=1S/C10H12N2/c1-9(7-8-11)12-10-5-3-2-4-6-10/h2-6,9,12H,7H2,1H3. The Hall–Kier alpha value is -1.49. The van der Waals surface area contributed by atoms with Gasteiger partial charge in [0.1, 0.15) is 0 Å². The Labute approximate surface area is 72.8 Å². The molecule has 0 aliphatic rings. The molecular formula is C10H12N2. The number of benzene rings is 1. The second-order valence-electron chi connectivity index (χ2n) is 2.77. The van der Waals surface area contributed by atoms with Gasteiger partial charge in [-0.3, -0.25) is 0 Å². The summed E-state index contributed by atoms with van der Waals surface area (Å²) in [6, 6.07) is 12.3. The van der Waals surface area contributed by atoms with Gasteiger partial charge in [0.2, 0.25) is 0 Å². The van der Waals surface area contributed by atoms with E-state index in [0.29, 0.717) is 6.42 Å². The molecule has 0 heterocycles. The van der Waals surface area contributed by atoms with Crippen LogP contribution in [0.1, 0.15) is 13.3 Å². The van der Waals surface area contributed by atoms with E-state index >= 15 is 0 Å². The second kappa shape index (κ2) is 4.40. The lowest BCUT2D eigenvalue weighted by molar-refractivity contribution is 0.821. The predicted octanol–water partition coefficient (Wildman–Crippen LogP) is 2.40. The van der Waals surface area contributed by atoms with Crippen molar-refractivity contribution in [1.82, 2.24) is 0 Å². The highest BCUT2D eigenvalue weighted by molar-refractivity contribution is 5.43. The molecule has 0 radical (unpaired) electrons. The zero-order chi connectivity index (χ0) is 8.81. The predicted molar refractivity (Wildman–Crippen MR) is 49.8 cm³/mol. The molecule has 1 aromatic carbocycles. The number of para-hydroxylation sites is 1. The lowest BCUT2D eigenvalue weighted by Gasteiger charge is -2.10. The lowest BCUT2D eigenvalue weighted by Crippen LogP contribution is -2.13. The first-order valence-electron chi connectivity index (χ1n) is 4.01. The lowest BCUT2D eigenvalue weighted by atomic mass is 10.2. The number of nitrogens with one attached hydrogen (secondary N) is 1. The van der Waals surface area contributed by atoms with Crippen molar-refractivity contribution in [3.05, 3.63) is 30.3 Å². The highest BCUT2D eigenvalue weighted by Crippen LogP contribution is 2.07. The first-order chi connectivity index (χ1) is 5.83. The minimum atomic E-state index is 0.220. The smallest absolute Gasteiger partial charge is 0.0643 e. The molecule has 0 spiro atoms. The fraction of sp³-hybridized carbons (Fsp3) is 0.300. The third-order valence-electron chi connectivity index (χ3n) is 1.58. The number of nitriles is 1. The maximum Gasteiger partial charge on any atom is 0.0643 e. The van der Waals surface area contributed by atoms with E-state index in [1.54, 1.807) is 0 Å². The minimum absolute atomic E-state index is 0.220. The highest BCUT2D eigenvalue weighted by Gasteiger charge is 1.98. The Kier molecular flexibility index (Phi) is 3.16. The Balaban J connectivity index is 2.48. The molecule has 12 heavy (non-hydrogen) atoms. The van der Waals surface area contributed by atoms with Crippen LogP contribution in [0, 0.1) is 11.3 Å². The van der Waals surface area contributed by atoms with Crippen LogP contribution >= 0.6 is 0 Å². The van der Waals surface area contributed by atoms with E-state index in [0.717, 1.165) is 5.69 Å². The van der Waals surface area contributed by atoms with Gasteiger partial charge in [0.05, 0.1) is 12.5 Å². The van der Waals surface area contributed by atoms with E-state index in [2.05, 4.69) is 11.4 Å². The first-order valence-corrected chi connectivity index (χ1v) is 4.01. The summed E-state index contributed by atoms with van der Waals surface area (Å²) in [7, 11) is 0. The molecule has 0 saturated carbocycles. The normalized spacial score (nSPS) is 11.7. The fourth-order valence-corrected chi connectivity index (χ4v) is 1.01. The molecule has 1 aromatic rings. The molecule has 0 aliphatic heterocycles. The zero-order valence-electron chi connectivity index (χ0n) is 7.12. The quantitative estimate of drug-likeness (QED) is 0.737. The Bertz CT molecular complexity index is 261. The molecule has 1 rings (SSSR count). The van der Waals surface area contributed by atoms with E-state index in [1.807, 2.05) is 37.3 Å². The SMILES string of the molecule is CC(CC#N)Nc1ccccc1. The third-order valence-corrected chi connectivity index (χ3v) is 1.58. The molecule has 2 heteroatoms. The van der Waals surface area contributed by atoms with Crippen LogP contribution in [0.3, 0.4) is 0 Å². The zero-order valence-corrected chi connectivity index (χ0v) is 7.12. The van der Waals surface area contributed by atoms with Crippen molar-refractivity contribution < 1.29 is 0 Å². The largest absolute Gasteiger partial charge is 0.382 e. The average molecular weight is 160 g/mol. The van der Waals surface area contributed by atoms with Gasteiger partial charge in [0.25, 0.3) is 0 Å². The second-order valence-corrected chi connectivity index (χ2v) is 2.77. The van der Waals surface area contributed by atoms with Crippen molar-refractivity contribution in [2.45, 2.75) is 19.4 Å². The number of hydrogen-bond donors (Lipinski definition) is 1. The van der Waals surface area contributed by atoms with E-state index < -0.39 is 0 Å². The van der Waals surface area contributed by atoms with Crippen LogP contribution in [0.5, 0.6) is 0 Å². The molecule has 0 bridgehead atoms. The molecule has 62 valence electrons. The van der Waals surface area contributed by atoms with Gasteiger partial charge in [0, 0.05) is 11.7 Å². The van der Waals surface area contributed by atoms with Crippen molar-refractivity contribution in [1.29, 1.82) is 5.26 Å². The summed E-state index contributed by atoms with van der Waals surface area (Å²) in [5, 5.41) is 11.6. The molecule has 0 aromatic heterocycles. The minimum Gasteiger partial charge on any atom is -0.382 e. The Morgan fingerprint density at radius 3 is 2.67 bits per heavy atom. The summed E-state index contributed by atoms with van der Waals surface area (Å²) in [6.45, 7) is 2.00. The topological polar surface area (TPSA) is 35.8 Å². The van der Waals surface area contributed by atoms with Crippen LogP contribution in [0.25, 0.3) is 0 Å². The number of hydrogen-bond acceptors (Lipinski definition) is 2. The molecule has 0 aliphatic carbocycles. The van der Waals surface area contributed by atoms with Crippen molar-refractivity contribution in [3.8, 4) is 6.07 Å². The van der Waals surface area contributed by atoms with E-state index in [1.165, 1.54) is 0 Å². The molecule has 0 fully saturated rings. The van der Waals surface area contributed by atoms with Crippen molar-refractivity contribution in [3.63, 3.8) is 0 Å². The van der Waals surface area contributed by atoms with E-state index in [-0.39, 0.29) is 6.04 Å². The van der Waals surface area contributed by atoms with Crippen molar-refractivity contribution in [2.75, 3.05) is 5.32 Å². The van der Waals surface area contributed by atoms with Gasteiger partial charge < -0.3 is 5.32 Å². The van der Waals surface area contributed by atoms with Crippen LogP contribution in [-0.2, 0) is 0 Å². The fourth-order valence-electron chi connectivity index (χ4n) is 1.01. The summed E-state index contributed by atoms with van der Waals surface area (Å²) in [5.74, 6) is 0. The van der Waals surface area contributed by atoms with Crippen LogP contribution in [-0.4, -0.2) is 6.04 Å². The van der Waals surface area contributed by atoms with Gasteiger partial charge in [-0.25, -0.2) is 0 Å². The third kappa shape index (κ3) is 2.63. The number of anilines is 1. The van der Waals surface area contributed by atoms with Crippen LogP contribution in [0.15, 0.2) is 30.3 Å². The Morgan fingerprint density at radius 1 is 1.42 bits per heavy atom. The van der Waals surface area contributed by atoms with Gasteiger partial charge in [-0.1, -0.05) is 18.2 Å². The number of rotatable bonds is 3. The molecule has 2 nitrogen and oxygen atoms in total. The molecule has 0 amide bonds. The van der Waals surface area contributed by atoms with Gasteiger partial charge >= 0.3 is 0 Å². The molecular weight excluding hydrogens is 148 g/mol. The summed E-state index contributed by atoms with van der Waals surface area (Å²) >= 11 is 0. The highest BCUT2D eigenvalue weighted by atomic mass is 14.9. The van der Waals surface area contributed by atoms with Gasteiger partial charge in [-0.2, -0.15) is 5.26 Å². The molecule has 1 atom stereocenters. The summed E-state index contributed by atoms with van der Waals surface area (Å²) in [4.78, 5) is 0. The molecule has 1 N–H and O–H groups in total. The van der Waals surface area contributed by atoms with Crippen molar-refractivity contribution in [2.24, 2.45) is 0 Å².